The minimum absolute atomic E-state index is 0.0391. The van der Waals surface area contributed by atoms with Crippen molar-refractivity contribution < 1.29 is 18.0 Å². The van der Waals surface area contributed by atoms with Gasteiger partial charge in [0.25, 0.3) is 0 Å². The molecule has 1 heterocycles. The first kappa shape index (κ1) is 13.9. The maximum absolute atomic E-state index is 11.8. The van der Waals surface area contributed by atoms with E-state index < -0.39 is 10.2 Å². The summed E-state index contributed by atoms with van der Waals surface area (Å²) in [5, 5.41) is 0. The van der Waals surface area contributed by atoms with Gasteiger partial charge in [0.05, 0.1) is 13.2 Å². The van der Waals surface area contributed by atoms with Crippen LogP contribution in [0.5, 0.6) is 0 Å². The average Bonchev–Trinajstić information content (AvgIpc) is 2.25. The van der Waals surface area contributed by atoms with Crippen molar-refractivity contribution in [2.45, 2.75) is 32.2 Å². The SMILES string of the molecule is COCCONS(=O)(=O)N1CCCCC1C. The van der Waals surface area contributed by atoms with Crippen molar-refractivity contribution in [3.05, 3.63) is 0 Å². The molecule has 0 aromatic heterocycles. The zero-order chi connectivity index (χ0) is 12.0. The lowest BCUT2D eigenvalue weighted by molar-refractivity contribution is 0.0395. The van der Waals surface area contributed by atoms with Gasteiger partial charge < -0.3 is 4.74 Å². The number of piperidine rings is 1. The summed E-state index contributed by atoms with van der Waals surface area (Å²) in [6, 6.07) is 0.0391. The van der Waals surface area contributed by atoms with E-state index in [4.69, 9.17) is 9.57 Å². The largest absolute Gasteiger partial charge is 0.382 e. The van der Waals surface area contributed by atoms with Crippen molar-refractivity contribution in [3.8, 4) is 0 Å². The average molecular weight is 252 g/mol. The quantitative estimate of drug-likeness (QED) is 0.544. The van der Waals surface area contributed by atoms with E-state index in [1.165, 1.54) is 11.4 Å². The third-order valence-corrected chi connectivity index (χ3v) is 4.09. The number of hydrogen-bond acceptors (Lipinski definition) is 4. The second kappa shape index (κ2) is 6.51. The van der Waals surface area contributed by atoms with E-state index in [0.29, 0.717) is 13.2 Å². The van der Waals surface area contributed by atoms with E-state index in [1.807, 2.05) is 6.92 Å². The highest BCUT2D eigenvalue weighted by Crippen LogP contribution is 2.18. The van der Waals surface area contributed by atoms with Crippen LogP contribution in [0.2, 0.25) is 0 Å². The second-order valence-corrected chi connectivity index (χ2v) is 5.47. The zero-order valence-electron chi connectivity index (χ0n) is 9.81. The highest BCUT2D eigenvalue weighted by molar-refractivity contribution is 7.87. The number of ether oxygens (including phenoxy) is 1. The molecule has 1 N–H and O–H groups in total. The van der Waals surface area contributed by atoms with E-state index in [2.05, 4.69) is 4.89 Å². The second-order valence-electron chi connectivity index (χ2n) is 3.89. The summed E-state index contributed by atoms with van der Waals surface area (Å²) in [7, 11) is -1.98. The topological polar surface area (TPSA) is 67.9 Å². The molecule has 0 bridgehead atoms. The summed E-state index contributed by atoms with van der Waals surface area (Å²) in [5.74, 6) is 0. The van der Waals surface area contributed by atoms with Crippen LogP contribution in [-0.2, 0) is 19.8 Å². The Morgan fingerprint density at radius 1 is 1.38 bits per heavy atom. The molecule has 1 aliphatic rings. The minimum atomic E-state index is -3.51. The lowest BCUT2D eigenvalue weighted by Gasteiger charge is -2.31. The summed E-state index contributed by atoms with van der Waals surface area (Å²) in [4.78, 5) is 6.95. The summed E-state index contributed by atoms with van der Waals surface area (Å²) in [6.45, 7) is 3.04. The fraction of sp³-hybridized carbons (Fsp3) is 1.00. The number of methoxy groups -OCH3 is 1. The Morgan fingerprint density at radius 2 is 2.12 bits per heavy atom. The highest BCUT2D eigenvalue weighted by Gasteiger charge is 2.29. The third kappa shape index (κ3) is 3.99. The molecule has 1 atom stereocenters. The monoisotopic (exact) mass is 252 g/mol. The van der Waals surface area contributed by atoms with Gasteiger partial charge in [0.15, 0.2) is 0 Å². The predicted molar refractivity (Wildman–Crippen MR) is 59.9 cm³/mol. The van der Waals surface area contributed by atoms with Crippen LogP contribution < -0.4 is 4.89 Å². The Morgan fingerprint density at radius 3 is 2.75 bits per heavy atom. The van der Waals surface area contributed by atoms with Crippen molar-refractivity contribution >= 4 is 10.2 Å². The zero-order valence-corrected chi connectivity index (χ0v) is 10.6. The molecule has 0 aromatic carbocycles. The van der Waals surface area contributed by atoms with Crippen molar-refractivity contribution in [2.75, 3.05) is 26.9 Å². The fourth-order valence-corrected chi connectivity index (χ4v) is 2.99. The molecule has 1 rings (SSSR count). The Kier molecular flexibility index (Phi) is 5.63. The molecule has 0 amide bonds. The number of hydrogen-bond donors (Lipinski definition) is 1. The van der Waals surface area contributed by atoms with E-state index >= 15 is 0 Å². The third-order valence-electron chi connectivity index (χ3n) is 2.60. The lowest BCUT2D eigenvalue weighted by atomic mass is 10.1. The van der Waals surface area contributed by atoms with Gasteiger partial charge in [-0.3, -0.25) is 4.84 Å². The van der Waals surface area contributed by atoms with Gasteiger partial charge in [-0.1, -0.05) is 11.3 Å². The van der Waals surface area contributed by atoms with Gasteiger partial charge in [-0.2, -0.15) is 12.7 Å². The molecule has 0 radical (unpaired) electrons. The maximum Gasteiger partial charge on any atom is 0.301 e. The molecule has 1 unspecified atom stereocenters. The molecule has 96 valence electrons. The minimum Gasteiger partial charge on any atom is -0.382 e. The lowest BCUT2D eigenvalue weighted by Crippen LogP contribution is -2.47. The van der Waals surface area contributed by atoms with Crippen LogP contribution in [0.25, 0.3) is 0 Å². The molecule has 0 aromatic rings. The van der Waals surface area contributed by atoms with E-state index in [9.17, 15) is 8.42 Å². The molecule has 0 spiro atoms. The molecule has 0 saturated carbocycles. The Bertz CT molecular complexity index is 294. The summed E-state index contributed by atoms with van der Waals surface area (Å²) >= 11 is 0. The molecular weight excluding hydrogens is 232 g/mol. The van der Waals surface area contributed by atoms with Gasteiger partial charge in [0, 0.05) is 19.7 Å². The van der Waals surface area contributed by atoms with Crippen LogP contribution in [0.1, 0.15) is 26.2 Å². The van der Waals surface area contributed by atoms with Crippen molar-refractivity contribution in [3.63, 3.8) is 0 Å². The number of nitrogens with one attached hydrogen (secondary N) is 1. The van der Waals surface area contributed by atoms with Crippen molar-refractivity contribution in [1.82, 2.24) is 9.19 Å². The highest BCUT2D eigenvalue weighted by atomic mass is 32.2. The molecule has 6 nitrogen and oxygen atoms in total. The molecule has 16 heavy (non-hydrogen) atoms. The van der Waals surface area contributed by atoms with Crippen LogP contribution >= 0.6 is 0 Å². The Labute approximate surface area is 97.0 Å². The van der Waals surface area contributed by atoms with Gasteiger partial charge in [-0.05, 0) is 19.8 Å². The van der Waals surface area contributed by atoms with E-state index in [-0.39, 0.29) is 12.6 Å². The van der Waals surface area contributed by atoms with Crippen molar-refractivity contribution in [1.29, 1.82) is 0 Å². The maximum atomic E-state index is 11.8. The van der Waals surface area contributed by atoms with Crippen LogP contribution in [0.15, 0.2) is 0 Å². The summed E-state index contributed by atoms with van der Waals surface area (Å²) in [6.07, 6.45) is 2.89. The molecule has 1 aliphatic heterocycles. The molecule has 1 fully saturated rings. The Balaban J connectivity index is 2.42. The predicted octanol–water partition coefficient (Wildman–Crippen LogP) is 0.273. The van der Waals surface area contributed by atoms with Gasteiger partial charge >= 0.3 is 10.2 Å². The fourth-order valence-electron chi connectivity index (χ4n) is 1.72. The van der Waals surface area contributed by atoms with Gasteiger partial charge in [-0.25, -0.2) is 0 Å². The Hall–Kier alpha value is -0.210. The van der Waals surface area contributed by atoms with Crippen molar-refractivity contribution in [2.24, 2.45) is 0 Å². The summed E-state index contributed by atoms with van der Waals surface area (Å²) < 4.78 is 29.8. The number of nitrogens with zero attached hydrogens (tertiary/aromatic N) is 1. The van der Waals surface area contributed by atoms with Gasteiger partial charge in [0.1, 0.15) is 0 Å². The van der Waals surface area contributed by atoms with Crippen LogP contribution in [0.4, 0.5) is 0 Å². The molecule has 1 saturated heterocycles. The van der Waals surface area contributed by atoms with Gasteiger partial charge in [0.2, 0.25) is 0 Å². The normalized spacial score (nSPS) is 23.5. The first-order valence-electron chi connectivity index (χ1n) is 5.47. The van der Waals surface area contributed by atoms with Crippen LogP contribution in [-0.4, -0.2) is 45.6 Å². The summed E-state index contributed by atoms with van der Waals surface area (Å²) in [5.41, 5.74) is 0. The van der Waals surface area contributed by atoms with E-state index in [1.54, 1.807) is 0 Å². The molecule has 7 heteroatoms. The van der Waals surface area contributed by atoms with Crippen LogP contribution in [0.3, 0.4) is 0 Å². The first-order chi connectivity index (χ1) is 7.58. The smallest absolute Gasteiger partial charge is 0.301 e. The van der Waals surface area contributed by atoms with Gasteiger partial charge in [-0.15, -0.1) is 0 Å². The standard InChI is InChI=1S/C9H20N2O4S/c1-9-5-3-4-6-11(9)16(12,13)10-15-8-7-14-2/h9-10H,3-8H2,1-2H3. The first-order valence-corrected chi connectivity index (χ1v) is 6.91. The van der Waals surface area contributed by atoms with E-state index in [0.717, 1.165) is 19.3 Å². The number of rotatable bonds is 6. The van der Waals surface area contributed by atoms with Crippen LogP contribution in [0, 0.1) is 0 Å². The molecular formula is C9H20N2O4S. The molecule has 0 aliphatic carbocycles.